The Morgan fingerprint density at radius 1 is 1.10 bits per heavy atom. The van der Waals surface area contributed by atoms with Crippen molar-refractivity contribution >= 4 is 12.1 Å². The van der Waals surface area contributed by atoms with Crippen molar-refractivity contribution in [2.75, 3.05) is 13.1 Å². The van der Waals surface area contributed by atoms with E-state index < -0.39 is 11.6 Å². The molecule has 2 aliphatic rings. The first-order valence-corrected chi connectivity index (χ1v) is 7.47. The van der Waals surface area contributed by atoms with Crippen LogP contribution in [0.2, 0.25) is 0 Å². The van der Waals surface area contributed by atoms with E-state index in [-0.39, 0.29) is 12.0 Å². The molecule has 0 spiro atoms. The summed E-state index contributed by atoms with van der Waals surface area (Å²) in [6.07, 6.45) is 3.33. The number of carbonyl (C=O) groups is 2. The van der Waals surface area contributed by atoms with Gasteiger partial charge in [-0.25, -0.2) is 4.79 Å². The molecule has 20 heavy (non-hydrogen) atoms. The van der Waals surface area contributed by atoms with Gasteiger partial charge in [-0.15, -0.1) is 0 Å². The highest BCUT2D eigenvalue weighted by molar-refractivity contribution is 5.71. The fourth-order valence-electron chi connectivity index (χ4n) is 3.13. The number of piperidine rings is 1. The second-order valence-electron chi connectivity index (χ2n) is 7.07. The molecule has 0 aromatic heterocycles. The quantitative estimate of drug-likeness (QED) is 0.846. The lowest BCUT2D eigenvalue weighted by atomic mass is 9.66. The molecule has 1 aliphatic heterocycles. The van der Waals surface area contributed by atoms with Crippen molar-refractivity contribution in [2.24, 2.45) is 17.8 Å². The highest BCUT2D eigenvalue weighted by Gasteiger charge is 2.40. The van der Waals surface area contributed by atoms with Crippen LogP contribution in [-0.2, 0) is 9.53 Å². The van der Waals surface area contributed by atoms with Gasteiger partial charge in [0.2, 0.25) is 0 Å². The molecule has 114 valence electrons. The number of rotatable bonds is 2. The number of likely N-dealkylation sites (tertiary alicyclic amines) is 1. The van der Waals surface area contributed by atoms with E-state index >= 15 is 0 Å². The third-order valence-corrected chi connectivity index (χ3v) is 4.38. The molecule has 1 N–H and O–H groups in total. The van der Waals surface area contributed by atoms with E-state index in [0.29, 0.717) is 11.8 Å². The van der Waals surface area contributed by atoms with Crippen LogP contribution in [0.15, 0.2) is 0 Å². The van der Waals surface area contributed by atoms with Gasteiger partial charge in [-0.2, -0.15) is 0 Å². The topological polar surface area (TPSA) is 66.8 Å². The van der Waals surface area contributed by atoms with Crippen molar-refractivity contribution in [1.82, 2.24) is 4.90 Å². The Bertz CT molecular complexity index is 374. The third-order valence-electron chi connectivity index (χ3n) is 4.38. The van der Waals surface area contributed by atoms with Gasteiger partial charge < -0.3 is 14.7 Å². The number of carbonyl (C=O) groups excluding carboxylic acids is 1. The lowest BCUT2D eigenvalue weighted by Gasteiger charge is -2.42. The first kappa shape index (κ1) is 15.1. The standard InChI is InChI=1S/C15H25NO4/c1-15(2,3)20-14(19)16-6-4-10(5-7-16)11-8-12(9-11)13(17)18/h10-12H,4-9H2,1-3H3,(H,17,18). The summed E-state index contributed by atoms with van der Waals surface area (Å²) < 4.78 is 5.37. The molecule has 5 heteroatoms. The van der Waals surface area contributed by atoms with E-state index in [0.717, 1.165) is 38.8 Å². The van der Waals surface area contributed by atoms with E-state index in [2.05, 4.69) is 0 Å². The molecule has 0 aromatic rings. The van der Waals surface area contributed by atoms with Crippen LogP contribution in [0.3, 0.4) is 0 Å². The molecule has 0 aromatic carbocycles. The molecular formula is C15H25NO4. The fourth-order valence-corrected chi connectivity index (χ4v) is 3.13. The van der Waals surface area contributed by atoms with Gasteiger partial charge in [0.05, 0.1) is 5.92 Å². The zero-order chi connectivity index (χ0) is 14.9. The second-order valence-corrected chi connectivity index (χ2v) is 7.07. The highest BCUT2D eigenvalue weighted by Crippen LogP contribution is 2.42. The lowest BCUT2D eigenvalue weighted by molar-refractivity contribution is -0.147. The van der Waals surface area contributed by atoms with Crippen molar-refractivity contribution in [3.8, 4) is 0 Å². The van der Waals surface area contributed by atoms with Crippen LogP contribution in [0.5, 0.6) is 0 Å². The van der Waals surface area contributed by atoms with Crippen LogP contribution in [0.1, 0.15) is 46.5 Å². The summed E-state index contributed by atoms with van der Waals surface area (Å²) in [5, 5.41) is 8.90. The monoisotopic (exact) mass is 283 g/mol. The van der Waals surface area contributed by atoms with Gasteiger partial charge in [0.1, 0.15) is 5.60 Å². The number of amides is 1. The Kier molecular flexibility index (Phi) is 4.25. The summed E-state index contributed by atoms with van der Waals surface area (Å²) in [5.41, 5.74) is -0.448. The number of carboxylic acid groups (broad SMARTS) is 1. The third kappa shape index (κ3) is 3.64. The minimum absolute atomic E-state index is 0.135. The number of ether oxygens (including phenoxy) is 1. The molecule has 5 nitrogen and oxygen atoms in total. The van der Waals surface area contributed by atoms with Gasteiger partial charge >= 0.3 is 12.1 Å². The van der Waals surface area contributed by atoms with Crippen molar-refractivity contribution in [3.63, 3.8) is 0 Å². The van der Waals surface area contributed by atoms with Gasteiger partial charge in [-0.1, -0.05) is 0 Å². The summed E-state index contributed by atoms with van der Waals surface area (Å²) in [6.45, 7) is 7.08. The highest BCUT2D eigenvalue weighted by atomic mass is 16.6. The minimum Gasteiger partial charge on any atom is -0.481 e. The summed E-state index contributed by atoms with van der Waals surface area (Å²) in [4.78, 5) is 24.5. The first-order valence-electron chi connectivity index (χ1n) is 7.47. The fraction of sp³-hybridized carbons (Fsp3) is 0.867. The molecule has 0 unspecified atom stereocenters. The van der Waals surface area contributed by atoms with Crippen LogP contribution >= 0.6 is 0 Å². The van der Waals surface area contributed by atoms with Crippen LogP contribution in [0, 0.1) is 17.8 Å². The molecule has 1 saturated carbocycles. The normalized spacial score (nSPS) is 27.9. The molecule has 2 fully saturated rings. The Morgan fingerprint density at radius 3 is 2.10 bits per heavy atom. The summed E-state index contributed by atoms with van der Waals surface area (Å²) in [7, 11) is 0. The zero-order valence-electron chi connectivity index (χ0n) is 12.6. The van der Waals surface area contributed by atoms with Gasteiger partial charge in [0, 0.05) is 13.1 Å². The smallest absolute Gasteiger partial charge is 0.410 e. The van der Waals surface area contributed by atoms with Crippen molar-refractivity contribution in [1.29, 1.82) is 0 Å². The predicted molar refractivity (Wildman–Crippen MR) is 74.4 cm³/mol. The predicted octanol–water partition coefficient (Wildman–Crippen LogP) is 2.74. The molecule has 1 amide bonds. The van der Waals surface area contributed by atoms with Crippen LogP contribution in [-0.4, -0.2) is 40.8 Å². The Morgan fingerprint density at radius 2 is 1.65 bits per heavy atom. The molecule has 1 saturated heterocycles. The summed E-state index contributed by atoms with van der Waals surface area (Å²) in [5.74, 6) is 0.317. The number of aliphatic carboxylic acids is 1. The number of nitrogens with zero attached hydrogens (tertiary/aromatic N) is 1. The largest absolute Gasteiger partial charge is 0.481 e. The molecule has 1 heterocycles. The van der Waals surface area contributed by atoms with Crippen molar-refractivity contribution in [3.05, 3.63) is 0 Å². The molecule has 1 aliphatic carbocycles. The molecule has 0 atom stereocenters. The zero-order valence-corrected chi connectivity index (χ0v) is 12.6. The van der Waals surface area contributed by atoms with Crippen LogP contribution in [0.25, 0.3) is 0 Å². The maximum Gasteiger partial charge on any atom is 0.410 e. The Labute approximate surface area is 120 Å². The minimum atomic E-state index is -0.660. The molecular weight excluding hydrogens is 258 g/mol. The van der Waals surface area contributed by atoms with Crippen LogP contribution < -0.4 is 0 Å². The van der Waals surface area contributed by atoms with Gasteiger partial charge in [0.15, 0.2) is 0 Å². The van der Waals surface area contributed by atoms with Crippen molar-refractivity contribution in [2.45, 2.75) is 52.1 Å². The van der Waals surface area contributed by atoms with Gasteiger partial charge in [-0.3, -0.25) is 4.79 Å². The lowest BCUT2D eigenvalue weighted by Crippen LogP contribution is -2.45. The summed E-state index contributed by atoms with van der Waals surface area (Å²) >= 11 is 0. The Hall–Kier alpha value is -1.26. The average molecular weight is 283 g/mol. The molecule has 2 rings (SSSR count). The number of hydrogen-bond acceptors (Lipinski definition) is 3. The maximum atomic E-state index is 11.9. The van der Waals surface area contributed by atoms with Crippen molar-refractivity contribution < 1.29 is 19.4 Å². The summed E-state index contributed by atoms with van der Waals surface area (Å²) in [6, 6.07) is 0. The number of carboxylic acids is 1. The van der Waals surface area contributed by atoms with E-state index in [1.54, 1.807) is 4.90 Å². The first-order chi connectivity index (χ1) is 9.26. The van der Waals surface area contributed by atoms with E-state index in [1.165, 1.54) is 0 Å². The van der Waals surface area contributed by atoms with Gasteiger partial charge in [-0.05, 0) is 58.3 Å². The Balaban J connectivity index is 1.73. The average Bonchev–Trinajstić information content (AvgIpc) is 2.24. The molecule has 0 radical (unpaired) electrons. The maximum absolute atomic E-state index is 11.9. The van der Waals surface area contributed by atoms with E-state index in [1.807, 2.05) is 20.8 Å². The second kappa shape index (κ2) is 5.62. The van der Waals surface area contributed by atoms with E-state index in [4.69, 9.17) is 9.84 Å². The molecule has 0 bridgehead atoms. The van der Waals surface area contributed by atoms with Crippen LogP contribution in [0.4, 0.5) is 4.79 Å². The van der Waals surface area contributed by atoms with E-state index in [9.17, 15) is 9.59 Å². The number of hydrogen-bond donors (Lipinski definition) is 1. The van der Waals surface area contributed by atoms with Gasteiger partial charge in [0.25, 0.3) is 0 Å². The SMILES string of the molecule is CC(C)(C)OC(=O)N1CCC(C2CC(C(=O)O)C2)CC1.